The predicted molar refractivity (Wildman–Crippen MR) is 107 cm³/mol. The molecule has 0 spiro atoms. The van der Waals surface area contributed by atoms with Gasteiger partial charge in [0, 0.05) is 12.1 Å². The Labute approximate surface area is 177 Å². The topological polar surface area (TPSA) is 116 Å². The summed E-state index contributed by atoms with van der Waals surface area (Å²) in [6.07, 6.45) is 0. The number of furan rings is 1. The molecule has 1 aromatic heterocycles. The summed E-state index contributed by atoms with van der Waals surface area (Å²) in [4.78, 5) is 13.3. The second kappa shape index (κ2) is 9.49. The van der Waals surface area contributed by atoms with Crippen molar-refractivity contribution in [1.29, 1.82) is 0 Å². The van der Waals surface area contributed by atoms with Crippen molar-refractivity contribution in [3.8, 4) is 17.2 Å². The van der Waals surface area contributed by atoms with Crippen LogP contribution in [0.5, 0.6) is 17.2 Å². The van der Waals surface area contributed by atoms with Crippen molar-refractivity contribution in [2.24, 2.45) is 0 Å². The Balaban J connectivity index is 1.64. The number of hydrogen-bond donors (Lipinski definition) is 2. The van der Waals surface area contributed by atoms with Crippen LogP contribution in [0, 0.1) is 5.82 Å². The molecule has 3 aromatic rings. The molecular formula is C20H19FN2O7S. The summed E-state index contributed by atoms with van der Waals surface area (Å²) in [6, 6.07) is 13.7. The zero-order chi connectivity index (χ0) is 22.4. The van der Waals surface area contributed by atoms with Crippen LogP contribution in [0.15, 0.2) is 63.9 Å². The molecule has 9 nitrogen and oxygen atoms in total. The fourth-order valence-corrected chi connectivity index (χ4v) is 3.44. The number of rotatable bonds is 9. The zero-order valence-electron chi connectivity index (χ0n) is 16.5. The minimum atomic E-state index is -4.45. The lowest BCUT2D eigenvalue weighted by Crippen LogP contribution is -2.41. The maximum atomic E-state index is 14.2. The Bertz CT molecular complexity index is 1160. The van der Waals surface area contributed by atoms with Crippen molar-refractivity contribution in [1.82, 2.24) is 10.3 Å². The van der Waals surface area contributed by atoms with Crippen LogP contribution in [0.1, 0.15) is 16.3 Å². The van der Waals surface area contributed by atoms with Crippen molar-refractivity contribution >= 4 is 15.9 Å². The molecule has 3 rings (SSSR count). The highest BCUT2D eigenvalue weighted by atomic mass is 32.2. The van der Waals surface area contributed by atoms with E-state index in [4.69, 9.17) is 18.6 Å². The molecule has 1 heterocycles. The number of halogens is 1. The maximum Gasteiger partial charge on any atom is 0.301 e. The van der Waals surface area contributed by atoms with Gasteiger partial charge in [0.25, 0.3) is 10.0 Å². The number of hydrogen-bond acceptors (Lipinski definition) is 7. The molecule has 0 saturated carbocycles. The third-order valence-electron chi connectivity index (χ3n) is 4.04. The first-order valence-electron chi connectivity index (χ1n) is 8.84. The first-order chi connectivity index (χ1) is 14.8. The molecular weight excluding hydrogens is 431 g/mol. The highest BCUT2D eigenvalue weighted by molar-refractivity contribution is 7.89. The van der Waals surface area contributed by atoms with Gasteiger partial charge >= 0.3 is 5.91 Å². The lowest BCUT2D eigenvalue weighted by Gasteiger charge is -2.12. The summed E-state index contributed by atoms with van der Waals surface area (Å²) in [5.41, 5.74) is 1.97. The quantitative estimate of drug-likeness (QED) is 0.482. The van der Waals surface area contributed by atoms with E-state index in [1.807, 2.05) is 28.5 Å². The summed E-state index contributed by atoms with van der Waals surface area (Å²) >= 11 is 0. The molecule has 164 valence electrons. The van der Waals surface area contributed by atoms with E-state index in [0.29, 0.717) is 11.5 Å². The Hall–Kier alpha value is -3.57. The SMILES string of the molecule is COc1cc(F)c(S(=O)(=O)NNC(=O)c2ccc(COc3ccccc3)o2)cc1OC. The number of carbonyl (C=O) groups excluding carboxylic acids is 1. The van der Waals surface area contributed by atoms with Crippen LogP contribution in [0.3, 0.4) is 0 Å². The van der Waals surface area contributed by atoms with Gasteiger partial charge in [-0.25, -0.2) is 12.8 Å². The minimum Gasteiger partial charge on any atom is -0.493 e. The molecule has 0 radical (unpaired) electrons. The minimum absolute atomic E-state index is 0.00435. The number of nitrogens with one attached hydrogen (secondary N) is 2. The van der Waals surface area contributed by atoms with Gasteiger partial charge in [-0.15, -0.1) is 4.83 Å². The standard InChI is InChI=1S/C20H19FN2O7S/c1-27-17-10-15(21)19(11-18(17)28-2)31(25,26)23-22-20(24)16-9-8-14(30-16)12-29-13-6-4-3-5-7-13/h3-11,23H,12H2,1-2H3,(H,22,24). The molecule has 0 bridgehead atoms. The van der Waals surface area contributed by atoms with Crippen LogP contribution in [-0.2, 0) is 16.6 Å². The Morgan fingerprint density at radius 1 is 1.03 bits per heavy atom. The summed E-state index contributed by atoms with van der Waals surface area (Å²) in [5, 5.41) is 0. The Morgan fingerprint density at radius 3 is 2.39 bits per heavy atom. The molecule has 0 aliphatic heterocycles. The number of amides is 1. The maximum absolute atomic E-state index is 14.2. The predicted octanol–water partition coefficient (Wildman–Crippen LogP) is 2.64. The van der Waals surface area contributed by atoms with Gasteiger partial charge in [0.05, 0.1) is 14.2 Å². The molecule has 11 heteroatoms. The van der Waals surface area contributed by atoms with Crippen LogP contribution in [-0.4, -0.2) is 28.5 Å². The van der Waals surface area contributed by atoms with Gasteiger partial charge in [-0.3, -0.25) is 10.2 Å². The van der Waals surface area contributed by atoms with Gasteiger partial charge in [-0.2, -0.15) is 0 Å². The van der Waals surface area contributed by atoms with Crippen molar-refractivity contribution in [3.63, 3.8) is 0 Å². The first-order valence-corrected chi connectivity index (χ1v) is 10.3. The van der Waals surface area contributed by atoms with Crippen LogP contribution in [0.25, 0.3) is 0 Å². The molecule has 31 heavy (non-hydrogen) atoms. The van der Waals surface area contributed by atoms with Crippen LogP contribution >= 0.6 is 0 Å². The van der Waals surface area contributed by atoms with Gasteiger partial charge in [0.1, 0.15) is 28.8 Å². The zero-order valence-corrected chi connectivity index (χ0v) is 17.4. The average Bonchev–Trinajstić information content (AvgIpc) is 3.25. The number of methoxy groups -OCH3 is 2. The summed E-state index contributed by atoms with van der Waals surface area (Å²) < 4.78 is 59.8. The van der Waals surface area contributed by atoms with E-state index in [0.717, 1.165) is 12.1 Å². The van der Waals surface area contributed by atoms with E-state index in [2.05, 4.69) is 0 Å². The second-order valence-corrected chi connectivity index (χ2v) is 7.72. The van der Waals surface area contributed by atoms with Crippen molar-refractivity contribution in [2.45, 2.75) is 11.5 Å². The van der Waals surface area contributed by atoms with Gasteiger partial charge in [0.2, 0.25) is 0 Å². The van der Waals surface area contributed by atoms with Gasteiger partial charge in [0.15, 0.2) is 17.3 Å². The highest BCUT2D eigenvalue weighted by Crippen LogP contribution is 2.31. The Kier molecular flexibility index (Phi) is 6.78. The molecule has 0 aliphatic carbocycles. The normalized spacial score (nSPS) is 11.1. The largest absolute Gasteiger partial charge is 0.493 e. The van der Waals surface area contributed by atoms with Gasteiger partial charge < -0.3 is 18.6 Å². The van der Waals surface area contributed by atoms with E-state index in [1.165, 1.54) is 26.4 Å². The van der Waals surface area contributed by atoms with Gasteiger partial charge in [-0.1, -0.05) is 18.2 Å². The van der Waals surface area contributed by atoms with Crippen LogP contribution in [0.4, 0.5) is 4.39 Å². The van der Waals surface area contributed by atoms with Crippen LogP contribution < -0.4 is 24.5 Å². The lowest BCUT2D eigenvalue weighted by atomic mass is 10.3. The highest BCUT2D eigenvalue weighted by Gasteiger charge is 2.24. The van der Waals surface area contributed by atoms with Crippen molar-refractivity contribution < 1.29 is 36.2 Å². The average molecular weight is 450 g/mol. The van der Waals surface area contributed by atoms with E-state index < -0.39 is 26.6 Å². The molecule has 1 amide bonds. The number of para-hydroxylation sites is 1. The summed E-state index contributed by atoms with van der Waals surface area (Å²) in [7, 11) is -1.89. The fraction of sp³-hybridized carbons (Fsp3) is 0.150. The summed E-state index contributed by atoms with van der Waals surface area (Å²) in [5.74, 6) is -1.14. The van der Waals surface area contributed by atoms with Crippen LogP contribution in [0.2, 0.25) is 0 Å². The monoisotopic (exact) mass is 450 g/mol. The first kappa shape index (κ1) is 22.1. The number of carbonyl (C=O) groups is 1. The molecule has 0 saturated heterocycles. The lowest BCUT2D eigenvalue weighted by molar-refractivity contribution is 0.0913. The molecule has 2 aromatic carbocycles. The van der Waals surface area contributed by atoms with E-state index in [1.54, 1.807) is 12.1 Å². The van der Waals surface area contributed by atoms with E-state index in [9.17, 15) is 17.6 Å². The second-order valence-electron chi connectivity index (χ2n) is 6.06. The summed E-state index contributed by atoms with van der Waals surface area (Å²) in [6.45, 7) is 0.0693. The van der Waals surface area contributed by atoms with E-state index in [-0.39, 0.29) is 23.9 Å². The molecule has 0 unspecified atom stereocenters. The molecule has 0 aliphatic rings. The van der Waals surface area contributed by atoms with Crippen molar-refractivity contribution in [3.05, 3.63) is 71.9 Å². The number of ether oxygens (including phenoxy) is 3. The van der Waals surface area contributed by atoms with Crippen molar-refractivity contribution in [2.75, 3.05) is 14.2 Å². The third-order valence-corrected chi connectivity index (χ3v) is 5.30. The smallest absolute Gasteiger partial charge is 0.301 e. The molecule has 2 N–H and O–H groups in total. The third kappa shape index (κ3) is 5.32. The van der Waals surface area contributed by atoms with Gasteiger partial charge in [-0.05, 0) is 24.3 Å². The van der Waals surface area contributed by atoms with E-state index >= 15 is 0 Å². The molecule has 0 atom stereocenters. The number of sulfonamides is 1. The number of hydrazine groups is 1. The molecule has 0 fully saturated rings. The fourth-order valence-electron chi connectivity index (χ4n) is 2.52. The number of benzene rings is 2. The Morgan fingerprint density at radius 2 is 1.71 bits per heavy atom.